The molecular formula is C20H17ClN4O2. The van der Waals surface area contributed by atoms with Crippen LogP contribution in [0.3, 0.4) is 0 Å². The third-order valence-corrected chi connectivity index (χ3v) is 5.23. The molecule has 3 aromatic heterocycles. The maximum atomic E-state index is 6.21. The first-order valence-electron chi connectivity index (χ1n) is 8.87. The van der Waals surface area contributed by atoms with E-state index in [2.05, 4.69) is 21.0 Å². The van der Waals surface area contributed by atoms with Gasteiger partial charge >= 0.3 is 0 Å². The van der Waals surface area contributed by atoms with Crippen molar-refractivity contribution in [1.29, 1.82) is 0 Å². The largest absolute Gasteiger partial charge is 0.490 e. The van der Waals surface area contributed by atoms with E-state index in [9.17, 15) is 0 Å². The molecule has 4 heterocycles. The van der Waals surface area contributed by atoms with Crippen LogP contribution in [-0.4, -0.2) is 32.2 Å². The Hall–Kier alpha value is -2.70. The van der Waals surface area contributed by atoms with Gasteiger partial charge in [-0.15, -0.1) is 0 Å². The van der Waals surface area contributed by atoms with E-state index in [4.69, 9.17) is 21.1 Å². The summed E-state index contributed by atoms with van der Waals surface area (Å²) in [5, 5.41) is 3.42. The first-order valence-corrected chi connectivity index (χ1v) is 9.25. The molecule has 0 amide bonds. The van der Waals surface area contributed by atoms with E-state index in [1.54, 1.807) is 6.20 Å². The Morgan fingerprint density at radius 2 is 2.11 bits per heavy atom. The number of ether oxygens (including phenoxy) is 2. The molecule has 0 unspecified atom stereocenters. The van der Waals surface area contributed by atoms with E-state index in [0.29, 0.717) is 11.8 Å². The molecule has 0 saturated carbocycles. The number of fused-ring (bicyclic) bond motifs is 2. The highest BCUT2D eigenvalue weighted by atomic mass is 35.5. The fourth-order valence-electron chi connectivity index (χ4n) is 3.58. The van der Waals surface area contributed by atoms with E-state index in [1.807, 2.05) is 41.2 Å². The predicted molar refractivity (Wildman–Crippen MR) is 103 cm³/mol. The number of halogens is 1. The molecule has 5 rings (SSSR count). The second kappa shape index (κ2) is 6.79. The summed E-state index contributed by atoms with van der Waals surface area (Å²) in [6.45, 7) is 0.499. The summed E-state index contributed by atoms with van der Waals surface area (Å²) >= 11 is 6.14. The maximum Gasteiger partial charge on any atom is 0.146 e. The third-order valence-electron chi connectivity index (χ3n) is 4.92. The van der Waals surface area contributed by atoms with Crippen molar-refractivity contribution in [3.63, 3.8) is 0 Å². The summed E-state index contributed by atoms with van der Waals surface area (Å²) < 4.78 is 14.3. The molecular weight excluding hydrogens is 364 g/mol. The lowest BCUT2D eigenvalue weighted by molar-refractivity contribution is -0.0153. The maximum absolute atomic E-state index is 6.21. The van der Waals surface area contributed by atoms with Gasteiger partial charge in [0.25, 0.3) is 0 Å². The molecule has 1 aliphatic heterocycles. The smallest absolute Gasteiger partial charge is 0.146 e. The number of hydrogen-bond donors (Lipinski definition) is 0. The Kier molecular flexibility index (Phi) is 4.14. The predicted octanol–water partition coefficient (Wildman–Crippen LogP) is 4.39. The van der Waals surface area contributed by atoms with Crippen LogP contribution in [0.15, 0.2) is 55.2 Å². The van der Waals surface area contributed by atoms with Crippen LogP contribution in [0.2, 0.25) is 5.15 Å². The topological polar surface area (TPSA) is 62.1 Å². The minimum absolute atomic E-state index is 0.0247. The first kappa shape index (κ1) is 16.5. The molecule has 0 radical (unpaired) electrons. The van der Waals surface area contributed by atoms with Crippen LogP contribution in [-0.2, 0) is 4.74 Å². The average Bonchev–Trinajstić information content (AvgIpc) is 3.34. The van der Waals surface area contributed by atoms with E-state index < -0.39 is 0 Å². The van der Waals surface area contributed by atoms with Crippen molar-refractivity contribution in [2.45, 2.75) is 25.2 Å². The van der Waals surface area contributed by atoms with E-state index in [0.717, 1.165) is 40.4 Å². The zero-order chi connectivity index (χ0) is 18.2. The molecule has 1 fully saturated rings. The minimum atomic E-state index is -0.0729. The number of rotatable bonds is 4. The first-order chi connectivity index (χ1) is 13.3. The van der Waals surface area contributed by atoms with Gasteiger partial charge in [-0.3, -0.25) is 4.98 Å². The normalized spacial score (nSPS) is 19.7. The summed E-state index contributed by atoms with van der Waals surface area (Å²) in [6, 6.07) is 9.92. The molecule has 1 aromatic carbocycles. The molecule has 6 nitrogen and oxygen atoms in total. The zero-order valence-electron chi connectivity index (χ0n) is 14.5. The molecule has 0 N–H and O–H groups in total. The van der Waals surface area contributed by atoms with Crippen LogP contribution >= 0.6 is 11.6 Å². The molecule has 0 spiro atoms. The number of pyridine rings is 1. The van der Waals surface area contributed by atoms with Gasteiger partial charge in [0.15, 0.2) is 0 Å². The van der Waals surface area contributed by atoms with Gasteiger partial charge in [0.2, 0.25) is 0 Å². The lowest BCUT2D eigenvalue weighted by Crippen LogP contribution is -2.18. The van der Waals surface area contributed by atoms with E-state index >= 15 is 0 Å². The van der Waals surface area contributed by atoms with Crippen LogP contribution in [0, 0.1) is 0 Å². The summed E-state index contributed by atoms with van der Waals surface area (Å²) in [7, 11) is 0. The van der Waals surface area contributed by atoms with Crippen LogP contribution in [0.4, 0.5) is 0 Å². The monoisotopic (exact) mass is 380 g/mol. The van der Waals surface area contributed by atoms with E-state index in [-0.39, 0.29) is 12.3 Å². The van der Waals surface area contributed by atoms with Gasteiger partial charge in [0, 0.05) is 24.0 Å². The number of aromatic nitrogens is 4. The summed E-state index contributed by atoms with van der Waals surface area (Å²) in [5.74, 6) is 0.832. The van der Waals surface area contributed by atoms with Gasteiger partial charge in [-0.1, -0.05) is 23.7 Å². The fourth-order valence-corrected chi connectivity index (χ4v) is 3.77. The van der Waals surface area contributed by atoms with Crippen molar-refractivity contribution < 1.29 is 9.47 Å². The number of hydrogen-bond acceptors (Lipinski definition) is 5. The second-order valence-electron chi connectivity index (χ2n) is 6.58. The van der Waals surface area contributed by atoms with Crippen LogP contribution in [0.5, 0.6) is 5.75 Å². The van der Waals surface area contributed by atoms with Gasteiger partial charge in [-0.25, -0.2) is 9.97 Å². The lowest BCUT2D eigenvalue weighted by Gasteiger charge is -2.17. The minimum Gasteiger partial charge on any atom is -0.490 e. The Morgan fingerprint density at radius 3 is 3.07 bits per heavy atom. The molecule has 4 aromatic rings. The van der Waals surface area contributed by atoms with Gasteiger partial charge in [0.05, 0.1) is 11.5 Å². The molecule has 0 bridgehead atoms. The molecule has 1 saturated heterocycles. The molecule has 1 aliphatic rings. The van der Waals surface area contributed by atoms with Gasteiger partial charge in [-0.2, -0.15) is 0 Å². The molecule has 7 heteroatoms. The lowest BCUT2D eigenvalue weighted by atomic mass is 10.1. The molecule has 136 valence electrons. The van der Waals surface area contributed by atoms with Gasteiger partial charge in [0.1, 0.15) is 35.7 Å². The van der Waals surface area contributed by atoms with Crippen molar-refractivity contribution in [1.82, 2.24) is 19.5 Å². The van der Waals surface area contributed by atoms with E-state index in [1.165, 1.54) is 6.33 Å². The van der Waals surface area contributed by atoms with Crippen molar-refractivity contribution in [3.05, 3.63) is 60.4 Å². The fraction of sp³-hybridized carbons (Fsp3) is 0.250. The number of nitrogens with zero attached hydrogens (tertiary/aromatic N) is 4. The standard InChI is InChI=1S/C20H17ClN4O2/c21-19-15-7-9-25(20(15)24-12-23-19)18-5-4-14(27-18)11-26-17-3-1-2-13-6-8-22-10-16(13)17/h1-3,6-10,12,14,18H,4-5,11H2/t14-,18+/m0/s1. The second-order valence-corrected chi connectivity index (χ2v) is 6.94. The number of benzene rings is 1. The van der Waals surface area contributed by atoms with Crippen LogP contribution in [0.25, 0.3) is 21.8 Å². The van der Waals surface area contributed by atoms with Gasteiger partial charge < -0.3 is 14.0 Å². The van der Waals surface area contributed by atoms with Crippen molar-refractivity contribution in [2.24, 2.45) is 0 Å². The van der Waals surface area contributed by atoms with Gasteiger partial charge in [-0.05, 0) is 36.4 Å². The highest BCUT2D eigenvalue weighted by Crippen LogP contribution is 2.33. The summed E-state index contributed by atoms with van der Waals surface area (Å²) in [4.78, 5) is 12.6. The molecule has 0 aliphatic carbocycles. The molecule has 2 atom stereocenters. The zero-order valence-corrected chi connectivity index (χ0v) is 15.2. The van der Waals surface area contributed by atoms with Crippen molar-refractivity contribution in [2.75, 3.05) is 6.61 Å². The molecule has 27 heavy (non-hydrogen) atoms. The highest BCUT2D eigenvalue weighted by molar-refractivity contribution is 6.33. The average molecular weight is 381 g/mol. The Bertz CT molecular complexity index is 1110. The van der Waals surface area contributed by atoms with Crippen molar-refractivity contribution in [3.8, 4) is 5.75 Å². The quantitative estimate of drug-likeness (QED) is 0.491. The Morgan fingerprint density at radius 1 is 1.15 bits per heavy atom. The van der Waals surface area contributed by atoms with Crippen molar-refractivity contribution >= 4 is 33.4 Å². The van der Waals surface area contributed by atoms with Crippen LogP contribution < -0.4 is 4.74 Å². The Labute approximate surface area is 160 Å². The van der Waals surface area contributed by atoms with Crippen LogP contribution in [0.1, 0.15) is 19.1 Å². The SMILES string of the molecule is Clc1ncnc2c1ccn2[C@H]1CC[C@@H](COc2cccc3ccncc23)O1. The Balaban J connectivity index is 1.30. The third kappa shape index (κ3) is 3.01. The highest BCUT2D eigenvalue weighted by Gasteiger charge is 2.28. The summed E-state index contributed by atoms with van der Waals surface area (Å²) in [5.41, 5.74) is 0.793. The summed E-state index contributed by atoms with van der Waals surface area (Å²) in [6.07, 6.45) is 8.82.